The molecule has 3 aliphatic carbocycles. The van der Waals surface area contributed by atoms with E-state index in [0.717, 1.165) is 29.7 Å². The molecule has 26 heavy (non-hydrogen) atoms. The van der Waals surface area contributed by atoms with Crippen molar-refractivity contribution in [2.24, 2.45) is 23.7 Å². The first kappa shape index (κ1) is 17.3. The average molecular weight is 374 g/mol. The third kappa shape index (κ3) is 2.65. The Kier molecular flexibility index (Phi) is 4.34. The number of fused-ring (bicyclic) bond motifs is 3. The number of ether oxygens (including phenoxy) is 1. The minimum Gasteiger partial charge on any atom is -0.550 e. The molecule has 1 aromatic heterocycles. The molecule has 7 heteroatoms. The first-order chi connectivity index (χ1) is 12.5. The van der Waals surface area contributed by atoms with Crippen LogP contribution in [0.5, 0.6) is 0 Å². The summed E-state index contributed by atoms with van der Waals surface area (Å²) >= 11 is 1.41. The maximum Gasteiger partial charge on any atom is 0.341 e. The second-order valence-electron chi connectivity index (χ2n) is 7.09. The lowest BCUT2D eigenvalue weighted by molar-refractivity contribution is -0.313. The molecule has 0 saturated heterocycles. The van der Waals surface area contributed by atoms with Crippen LogP contribution in [0.15, 0.2) is 12.2 Å². The molecule has 138 valence electrons. The number of aryl methyl sites for hydroxylation is 1. The van der Waals surface area contributed by atoms with Crippen molar-refractivity contribution in [3.05, 3.63) is 28.2 Å². The Morgan fingerprint density at radius 1 is 1.23 bits per heavy atom. The SMILES string of the molecule is CCOC(=O)c1c(NC(=O)[C@H]2[C@@H](C(=O)[O-])[C@H]3C=C[C@@H]2C3)sc2c1CCC2. The first-order valence-corrected chi connectivity index (χ1v) is 9.84. The summed E-state index contributed by atoms with van der Waals surface area (Å²) < 4.78 is 5.17. The molecule has 4 atom stereocenters. The monoisotopic (exact) mass is 374 g/mol. The van der Waals surface area contributed by atoms with E-state index in [1.165, 1.54) is 11.3 Å². The molecular weight excluding hydrogens is 354 g/mol. The standard InChI is InChI=1S/C19H21NO5S/c1-2-25-19(24)15-11-4-3-5-12(11)26-17(15)20-16(21)13-9-6-7-10(8-9)14(13)18(22)23/h6-7,9-10,13-14H,2-5,8H2,1H3,(H,20,21)(H,22,23)/p-1/t9-,10+,13-,14+/m1/s1. The van der Waals surface area contributed by atoms with Gasteiger partial charge in [-0.2, -0.15) is 0 Å². The summed E-state index contributed by atoms with van der Waals surface area (Å²) in [6, 6.07) is 0. The van der Waals surface area contributed by atoms with Gasteiger partial charge in [-0.05, 0) is 50.0 Å². The van der Waals surface area contributed by atoms with Crippen LogP contribution < -0.4 is 10.4 Å². The highest BCUT2D eigenvalue weighted by Gasteiger charge is 2.49. The number of allylic oxidation sites excluding steroid dienone is 2. The lowest BCUT2D eigenvalue weighted by Crippen LogP contribution is -2.42. The Morgan fingerprint density at radius 3 is 2.65 bits per heavy atom. The van der Waals surface area contributed by atoms with Gasteiger partial charge >= 0.3 is 5.97 Å². The Hall–Kier alpha value is -2.15. The number of amides is 1. The molecular formula is C19H20NO5S-. The van der Waals surface area contributed by atoms with Crippen LogP contribution in [0.3, 0.4) is 0 Å². The molecule has 1 saturated carbocycles. The van der Waals surface area contributed by atoms with Gasteiger partial charge in [0.05, 0.1) is 18.1 Å². The number of anilines is 1. The summed E-state index contributed by atoms with van der Waals surface area (Å²) in [6.07, 6.45) is 7.15. The molecule has 0 spiro atoms. The lowest BCUT2D eigenvalue weighted by atomic mass is 9.82. The molecule has 1 heterocycles. The van der Waals surface area contributed by atoms with Gasteiger partial charge in [-0.3, -0.25) is 4.79 Å². The van der Waals surface area contributed by atoms with Crippen LogP contribution in [0, 0.1) is 23.7 Å². The van der Waals surface area contributed by atoms with Gasteiger partial charge in [-0.25, -0.2) is 4.79 Å². The predicted octanol–water partition coefficient (Wildman–Crippen LogP) is 1.54. The van der Waals surface area contributed by atoms with Crippen molar-refractivity contribution in [3.63, 3.8) is 0 Å². The molecule has 1 aromatic rings. The summed E-state index contributed by atoms with van der Waals surface area (Å²) in [5, 5.41) is 14.9. The molecule has 1 amide bonds. The topological polar surface area (TPSA) is 95.5 Å². The fraction of sp³-hybridized carbons (Fsp3) is 0.526. The molecule has 4 rings (SSSR count). The van der Waals surface area contributed by atoms with Crippen LogP contribution in [0.1, 0.15) is 40.6 Å². The van der Waals surface area contributed by atoms with Gasteiger partial charge in [0.2, 0.25) is 5.91 Å². The van der Waals surface area contributed by atoms with E-state index in [2.05, 4.69) is 5.32 Å². The van der Waals surface area contributed by atoms with Gasteiger partial charge in [-0.1, -0.05) is 12.2 Å². The van der Waals surface area contributed by atoms with E-state index in [1.807, 2.05) is 12.2 Å². The summed E-state index contributed by atoms with van der Waals surface area (Å²) in [7, 11) is 0. The fourth-order valence-corrected chi connectivity index (χ4v) is 5.89. The summed E-state index contributed by atoms with van der Waals surface area (Å²) in [5.74, 6) is -3.63. The Morgan fingerprint density at radius 2 is 1.96 bits per heavy atom. The Balaban J connectivity index is 1.61. The number of esters is 1. The molecule has 1 N–H and O–H groups in total. The van der Waals surface area contributed by atoms with Crippen molar-refractivity contribution >= 4 is 34.2 Å². The van der Waals surface area contributed by atoms with Gasteiger partial charge in [0.1, 0.15) is 5.00 Å². The van der Waals surface area contributed by atoms with Gasteiger partial charge < -0.3 is 20.0 Å². The molecule has 6 nitrogen and oxygen atoms in total. The van der Waals surface area contributed by atoms with Crippen LogP contribution in [-0.4, -0.2) is 24.5 Å². The van der Waals surface area contributed by atoms with Crippen molar-refractivity contribution < 1.29 is 24.2 Å². The second-order valence-corrected chi connectivity index (χ2v) is 8.20. The number of hydrogen-bond donors (Lipinski definition) is 1. The molecule has 0 aromatic carbocycles. The van der Waals surface area contributed by atoms with Gasteiger partial charge in [0.15, 0.2) is 0 Å². The highest BCUT2D eigenvalue weighted by Crippen LogP contribution is 2.48. The van der Waals surface area contributed by atoms with Crippen LogP contribution in [0.4, 0.5) is 5.00 Å². The zero-order chi connectivity index (χ0) is 18.4. The van der Waals surface area contributed by atoms with E-state index < -0.39 is 23.8 Å². The van der Waals surface area contributed by atoms with Crippen molar-refractivity contribution in [1.82, 2.24) is 0 Å². The van der Waals surface area contributed by atoms with E-state index in [9.17, 15) is 19.5 Å². The molecule has 0 radical (unpaired) electrons. The smallest absolute Gasteiger partial charge is 0.341 e. The molecule has 0 aliphatic heterocycles. The second kappa shape index (κ2) is 6.54. The van der Waals surface area contributed by atoms with Crippen molar-refractivity contribution in [2.45, 2.75) is 32.6 Å². The number of carboxylic acids is 1. The van der Waals surface area contributed by atoms with Crippen molar-refractivity contribution in [3.8, 4) is 0 Å². The third-order valence-corrected chi connectivity index (χ3v) is 6.88. The van der Waals surface area contributed by atoms with E-state index in [-0.39, 0.29) is 24.3 Å². The number of carboxylic acid groups (broad SMARTS) is 1. The largest absolute Gasteiger partial charge is 0.550 e. The van der Waals surface area contributed by atoms with Crippen LogP contribution >= 0.6 is 11.3 Å². The first-order valence-electron chi connectivity index (χ1n) is 9.03. The van der Waals surface area contributed by atoms with E-state index in [0.29, 0.717) is 17.0 Å². The van der Waals surface area contributed by atoms with Gasteiger partial charge in [-0.15, -0.1) is 11.3 Å². The van der Waals surface area contributed by atoms with E-state index >= 15 is 0 Å². The maximum atomic E-state index is 12.9. The highest BCUT2D eigenvalue weighted by atomic mass is 32.1. The number of carbonyl (C=O) groups is 3. The normalized spacial score (nSPS) is 28.2. The predicted molar refractivity (Wildman–Crippen MR) is 93.7 cm³/mol. The molecule has 3 aliphatic rings. The number of thiophene rings is 1. The number of rotatable bonds is 5. The third-order valence-electron chi connectivity index (χ3n) is 5.67. The van der Waals surface area contributed by atoms with Crippen LogP contribution in [0.2, 0.25) is 0 Å². The minimum atomic E-state index is -1.18. The lowest BCUT2D eigenvalue weighted by Gasteiger charge is -2.27. The zero-order valence-corrected chi connectivity index (χ0v) is 15.3. The fourth-order valence-electron chi connectivity index (χ4n) is 4.61. The number of nitrogens with one attached hydrogen (secondary N) is 1. The number of carbonyl (C=O) groups excluding carboxylic acids is 3. The highest BCUT2D eigenvalue weighted by molar-refractivity contribution is 7.17. The molecule has 1 fully saturated rings. The minimum absolute atomic E-state index is 0.0826. The Labute approximate surface area is 155 Å². The average Bonchev–Trinajstić information content (AvgIpc) is 3.33. The quantitative estimate of drug-likeness (QED) is 0.623. The summed E-state index contributed by atoms with van der Waals surface area (Å²) in [5.41, 5.74) is 1.41. The van der Waals surface area contributed by atoms with Crippen LogP contribution in [0.25, 0.3) is 0 Å². The zero-order valence-electron chi connectivity index (χ0n) is 14.4. The van der Waals surface area contributed by atoms with E-state index in [1.54, 1.807) is 6.92 Å². The van der Waals surface area contributed by atoms with Gasteiger partial charge in [0.25, 0.3) is 0 Å². The van der Waals surface area contributed by atoms with Crippen LogP contribution in [-0.2, 0) is 27.2 Å². The summed E-state index contributed by atoms with van der Waals surface area (Å²) in [6.45, 7) is 2.01. The summed E-state index contributed by atoms with van der Waals surface area (Å²) in [4.78, 5) is 37.9. The molecule has 2 bridgehead atoms. The van der Waals surface area contributed by atoms with E-state index in [4.69, 9.17) is 4.74 Å². The Bertz CT molecular complexity index is 811. The number of hydrogen-bond acceptors (Lipinski definition) is 6. The maximum absolute atomic E-state index is 12.9. The van der Waals surface area contributed by atoms with Crippen molar-refractivity contribution in [2.75, 3.05) is 11.9 Å². The number of aliphatic carboxylic acids is 1. The van der Waals surface area contributed by atoms with Crippen molar-refractivity contribution in [1.29, 1.82) is 0 Å². The van der Waals surface area contributed by atoms with Gasteiger partial charge in [0, 0.05) is 16.8 Å². The molecule has 0 unspecified atom stereocenters.